The molecule has 0 spiro atoms. The second-order valence-corrected chi connectivity index (χ2v) is 8.21. The smallest absolute Gasteiger partial charge is 0.271 e. The topological polar surface area (TPSA) is 54.8 Å². The minimum Gasteiger partial charge on any atom is -0.497 e. The predicted octanol–water partition coefficient (Wildman–Crippen LogP) is 3.82. The second kappa shape index (κ2) is 9.77. The van der Waals surface area contributed by atoms with Crippen LogP contribution in [0.25, 0.3) is 11.8 Å². The van der Waals surface area contributed by atoms with Crippen molar-refractivity contribution < 1.29 is 9.53 Å². The standard InChI is InChI=1S/C27H29N3O3/c1-20-7-6-8-24(21(20)2)28-15-17-29(18-16-28)27(32)25(30-14-5-4-9-26(30)31)19-22-10-12-23(33-3)13-11-22/h4-14,19H,15-18H2,1-3H3. The third-order valence-corrected chi connectivity index (χ3v) is 6.20. The van der Waals surface area contributed by atoms with Crippen LogP contribution in [0.15, 0.2) is 71.7 Å². The summed E-state index contributed by atoms with van der Waals surface area (Å²) >= 11 is 0. The van der Waals surface area contributed by atoms with Crippen LogP contribution in [0.5, 0.6) is 5.75 Å². The second-order valence-electron chi connectivity index (χ2n) is 8.21. The molecule has 170 valence electrons. The molecule has 1 aliphatic heterocycles. The van der Waals surface area contributed by atoms with Crippen LogP contribution in [0.4, 0.5) is 5.69 Å². The fraction of sp³-hybridized carbons (Fsp3) is 0.259. The number of rotatable bonds is 5. The Morgan fingerprint density at radius 2 is 1.64 bits per heavy atom. The minimum atomic E-state index is -0.236. The van der Waals surface area contributed by atoms with Gasteiger partial charge in [-0.25, -0.2) is 0 Å². The SMILES string of the molecule is COc1ccc(C=C(C(=O)N2CCN(c3cccc(C)c3C)CC2)n2ccccc2=O)cc1. The zero-order valence-electron chi connectivity index (χ0n) is 19.3. The molecular formula is C27H29N3O3. The lowest BCUT2D eigenvalue weighted by molar-refractivity contribution is -0.125. The van der Waals surface area contributed by atoms with Crippen molar-refractivity contribution >= 4 is 23.4 Å². The minimum absolute atomic E-state index is 0.153. The van der Waals surface area contributed by atoms with Crippen LogP contribution in [0.3, 0.4) is 0 Å². The average molecular weight is 444 g/mol. The van der Waals surface area contributed by atoms with E-state index in [2.05, 4.69) is 36.9 Å². The van der Waals surface area contributed by atoms with Crippen molar-refractivity contribution in [2.75, 3.05) is 38.2 Å². The van der Waals surface area contributed by atoms with Gasteiger partial charge in [-0.3, -0.25) is 14.2 Å². The number of hydrogen-bond donors (Lipinski definition) is 0. The number of aromatic nitrogens is 1. The number of piperazine rings is 1. The highest BCUT2D eigenvalue weighted by atomic mass is 16.5. The van der Waals surface area contributed by atoms with Crippen molar-refractivity contribution in [1.82, 2.24) is 9.47 Å². The first-order valence-corrected chi connectivity index (χ1v) is 11.1. The normalized spacial score (nSPS) is 14.3. The lowest BCUT2D eigenvalue weighted by atomic mass is 10.1. The number of hydrogen-bond acceptors (Lipinski definition) is 4. The van der Waals surface area contributed by atoms with Crippen LogP contribution in [0.2, 0.25) is 0 Å². The number of carbonyl (C=O) groups is 1. The van der Waals surface area contributed by atoms with E-state index in [4.69, 9.17) is 4.74 Å². The third-order valence-electron chi connectivity index (χ3n) is 6.20. The average Bonchev–Trinajstić information content (AvgIpc) is 2.85. The lowest BCUT2D eigenvalue weighted by Gasteiger charge is -2.37. The Morgan fingerprint density at radius 3 is 2.30 bits per heavy atom. The van der Waals surface area contributed by atoms with Crippen molar-refractivity contribution in [1.29, 1.82) is 0 Å². The van der Waals surface area contributed by atoms with Crippen LogP contribution in [-0.4, -0.2) is 48.7 Å². The molecule has 0 aliphatic carbocycles. The molecule has 0 bridgehead atoms. The van der Waals surface area contributed by atoms with Crippen molar-refractivity contribution in [3.8, 4) is 5.75 Å². The number of amides is 1. The van der Waals surface area contributed by atoms with Crippen molar-refractivity contribution in [3.63, 3.8) is 0 Å². The summed E-state index contributed by atoms with van der Waals surface area (Å²) in [6.07, 6.45) is 3.40. The van der Waals surface area contributed by atoms with Crippen LogP contribution in [-0.2, 0) is 4.79 Å². The van der Waals surface area contributed by atoms with E-state index in [-0.39, 0.29) is 11.5 Å². The van der Waals surface area contributed by atoms with Crippen molar-refractivity contribution in [2.45, 2.75) is 13.8 Å². The van der Waals surface area contributed by atoms with Crippen LogP contribution in [0, 0.1) is 13.8 Å². The van der Waals surface area contributed by atoms with Crippen LogP contribution >= 0.6 is 0 Å². The van der Waals surface area contributed by atoms with E-state index >= 15 is 0 Å². The van der Waals surface area contributed by atoms with Gasteiger partial charge in [-0.2, -0.15) is 0 Å². The van der Waals surface area contributed by atoms with E-state index in [1.54, 1.807) is 31.5 Å². The summed E-state index contributed by atoms with van der Waals surface area (Å²) in [5, 5.41) is 0. The highest BCUT2D eigenvalue weighted by molar-refractivity contribution is 6.18. The summed E-state index contributed by atoms with van der Waals surface area (Å²) < 4.78 is 6.65. The van der Waals surface area contributed by atoms with Gasteiger partial charge in [-0.15, -0.1) is 0 Å². The van der Waals surface area contributed by atoms with Gasteiger partial charge in [0, 0.05) is 44.1 Å². The molecule has 2 aromatic carbocycles. The lowest BCUT2D eigenvalue weighted by Crippen LogP contribution is -2.49. The number of ether oxygens (including phenoxy) is 1. The molecule has 1 fully saturated rings. The zero-order valence-corrected chi connectivity index (χ0v) is 19.3. The fourth-order valence-corrected chi connectivity index (χ4v) is 4.11. The Balaban J connectivity index is 1.59. The van der Waals surface area contributed by atoms with Gasteiger partial charge in [0.05, 0.1) is 7.11 Å². The molecule has 0 radical (unpaired) electrons. The van der Waals surface area contributed by atoms with E-state index in [1.165, 1.54) is 27.4 Å². The van der Waals surface area contributed by atoms with Gasteiger partial charge < -0.3 is 14.5 Å². The van der Waals surface area contributed by atoms with E-state index in [0.29, 0.717) is 18.8 Å². The third kappa shape index (κ3) is 4.85. The largest absolute Gasteiger partial charge is 0.497 e. The molecule has 6 heteroatoms. The molecule has 0 saturated carbocycles. The number of nitrogens with zero attached hydrogens (tertiary/aromatic N) is 3. The van der Waals surface area contributed by atoms with E-state index < -0.39 is 0 Å². The molecule has 1 saturated heterocycles. The van der Waals surface area contributed by atoms with Crippen LogP contribution < -0.4 is 15.2 Å². The van der Waals surface area contributed by atoms with Crippen molar-refractivity contribution in [3.05, 3.63) is 93.9 Å². The number of methoxy groups -OCH3 is 1. The maximum atomic E-state index is 13.6. The first-order chi connectivity index (χ1) is 16.0. The summed E-state index contributed by atoms with van der Waals surface area (Å²) in [5.41, 5.74) is 4.68. The van der Waals surface area contributed by atoms with Gasteiger partial charge in [0.2, 0.25) is 0 Å². The first kappa shape index (κ1) is 22.4. The number of aryl methyl sites for hydroxylation is 1. The maximum absolute atomic E-state index is 13.6. The van der Waals surface area contributed by atoms with Gasteiger partial charge >= 0.3 is 0 Å². The van der Waals surface area contributed by atoms with Gasteiger partial charge in [-0.1, -0.05) is 30.3 Å². The molecule has 0 atom stereocenters. The van der Waals surface area contributed by atoms with E-state index in [0.717, 1.165) is 24.4 Å². The molecule has 6 nitrogen and oxygen atoms in total. The summed E-state index contributed by atoms with van der Waals surface area (Å²) in [4.78, 5) is 30.3. The molecule has 1 aromatic heterocycles. The highest BCUT2D eigenvalue weighted by Crippen LogP contribution is 2.25. The van der Waals surface area contributed by atoms with Gasteiger partial charge in [0.25, 0.3) is 11.5 Å². The van der Waals surface area contributed by atoms with E-state index in [1.807, 2.05) is 29.2 Å². The van der Waals surface area contributed by atoms with Crippen molar-refractivity contribution in [2.24, 2.45) is 0 Å². The van der Waals surface area contributed by atoms with Gasteiger partial charge in [0.1, 0.15) is 11.4 Å². The molecular weight excluding hydrogens is 414 g/mol. The Bertz CT molecular complexity index is 1220. The summed E-state index contributed by atoms with van der Waals surface area (Å²) in [7, 11) is 1.61. The Labute approximate surface area is 194 Å². The van der Waals surface area contributed by atoms with Gasteiger partial charge in [0.15, 0.2) is 0 Å². The molecule has 1 aliphatic rings. The quantitative estimate of drug-likeness (QED) is 0.563. The van der Waals surface area contributed by atoms with Gasteiger partial charge in [-0.05, 0) is 60.9 Å². The molecule has 0 unspecified atom stereocenters. The molecule has 1 amide bonds. The van der Waals surface area contributed by atoms with E-state index in [9.17, 15) is 9.59 Å². The molecule has 4 rings (SSSR count). The highest BCUT2D eigenvalue weighted by Gasteiger charge is 2.26. The molecule has 33 heavy (non-hydrogen) atoms. The van der Waals surface area contributed by atoms with Crippen LogP contribution in [0.1, 0.15) is 16.7 Å². The summed E-state index contributed by atoms with van der Waals surface area (Å²) in [6.45, 7) is 6.93. The Morgan fingerprint density at radius 1 is 0.909 bits per heavy atom. The molecule has 2 heterocycles. The molecule has 3 aromatic rings. The summed E-state index contributed by atoms with van der Waals surface area (Å²) in [5.74, 6) is 0.583. The number of benzene rings is 2. The monoisotopic (exact) mass is 443 g/mol. The Hall–Kier alpha value is -3.80. The number of carbonyl (C=O) groups excluding carboxylic acids is 1. The predicted molar refractivity (Wildman–Crippen MR) is 133 cm³/mol. The number of pyridine rings is 1. The fourth-order valence-electron chi connectivity index (χ4n) is 4.11. The first-order valence-electron chi connectivity index (χ1n) is 11.1. The Kier molecular flexibility index (Phi) is 6.63. The zero-order chi connectivity index (χ0) is 23.4. The molecule has 0 N–H and O–H groups in total. The maximum Gasteiger partial charge on any atom is 0.271 e. The number of anilines is 1. The summed E-state index contributed by atoms with van der Waals surface area (Å²) in [6, 6.07) is 18.7.